The summed E-state index contributed by atoms with van der Waals surface area (Å²) in [4.78, 5) is 13.2. The zero-order valence-electron chi connectivity index (χ0n) is 18.6. The number of rotatable bonds is 7. The molecule has 0 bridgehead atoms. The van der Waals surface area contributed by atoms with Crippen molar-refractivity contribution in [2.45, 2.75) is 46.5 Å². The Morgan fingerprint density at radius 1 is 1.06 bits per heavy atom. The molecule has 1 amide bonds. The first-order valence-corrected chi connectivity index (χ1v) is 12.5. The summed E-state index contributed by atoms with van der Waals surface area (Å²) < 4.78 is 28.9. The minimum atomic E-state index is -3.42. The average molecular weight is 453 g/mol. The van der Waals surface area contributed by atoms with Gasteiger partial charge in [0.25, 0.3) is 5.91 Å². The average Bonchev–Trinajstić information content (AvgIpc) is 3.34. The number of sulfonamides is 1. The van der Waals surface area contributed by atoms with Gasteiger partial charge in [-0.25, -0.2) is 13.1 Å². The molecule has 8 heteroatoms. The van der Waals surface area contributed by atoms with Crippen LogP contribution >= 0.6 is 0 Å². The van der Waals surface area contributed by atoms with E-state index in [2.05, 4.69) is 15.1 Å². The SMILES string of the molecule is CCCS(=O)(=O)Nc1cccc(NC(=O)c2nn(-c3ccc(C)cc3)c3c2CCC3)c1C. The molecule has 0 saturated heterocycles. The van der Waals surface area contributed by atoms with E-state index in [-0.39, 0.29) is 11.7 Å². The normalized spacial score (nSPS) is 13.1. The quantitative estimate of drug-likeness (QED) is 0.556. The molecule has 0 spiro atoms. The Bertz CT molecular complexity index is 1260. The van der Waals surface area contributed by atoms with Crippen LogP contribution < -0.4 is 10.0 Å². The van der Waals surface area contributed by atoms with Crippen LogP contribution in [0.5, 0.6) is 0 Å². The van der Waals surface area contributed by atoms with Crippen molar-refractivity contribution in [3.8, 4) is 5.69 Å². The first-order chi connectivity index (χ1) is 15.3. The Morgan fingerprint density at radius 2 is 1.78 bits per heavy atom. The lowest BCUT2D eigenvalue weighted by Gasteiger charge is -2.14. The third kappa shape index (κ3) is 4.41. The van der Waals surface area contributed by atoms with Crippen molar-refractivity contribution >= 4 is 27.3 Å². The fraction of sp³-hybridized carbons (Fsp3) is 0.333. The van der Waals surface area contributed by atoms with Crippen LogP contribution in [0.25, 0.3) is 5.69 Å². The van der Waals surface area contributed by atoms with Gasteiger partial charge in [-0.1, -0.05) is 30.7 Å². The van der Waals surface area contributed by atoms with Gasteiger partial charge in [-0.05, 0) is 69.4 Å². The Morgan fingerprint density at radius 3 is 2.50 bits per heavy atom. The van der Waals surface area contributed by atoms with Crippen LogP contribution in [-0.2, 0) is 22.9 Å². The van der Waals surface area contributed by atoms with E-state index in [1.54, 1.807) is 25.1 Å². The molecule has 2 aromatic carbocycles. The lowest BCUT2D eigenvalue weighted by atomic mass is 10.1. The molecular weight excluding hydrogens is 424 g/mol. The first kappa shape index (κ1) is 22.1. The van der Waals surface area contributed by atoms with Crippen molar-refractivity contribution in [1.82, 2.24) is 9.78 Å². The molecule has 1 aliphatic rings. The third-order valence-electron chi connectivity index (χ3n) is 5.74. The summed E-state index contributed by atoms with van der Waals surface area (Å²) in [5.74, 6) is -0.239. The molecule has 1 heterocycles. The number of benzene rings is 2. The molecule has 3 aromatic rings. The van der Waals surface area contributed by atoms with Crippen LogP contribution in [0.15, 0.2) is 42.5 Å². The van der Waals surface area contributed by atoms with E-state index < -0.39 is 10.0 Å². The van der Waals surface area contributed by atoms with Crippen molar-refractivity contribution in [1.29, 1.82) is 0 Å². The number of hydrogen-bond acceptors (Lipinski definition) is 4. The largest absolute Gasteiger partial charge is 0.320 e. The Kier molecular flexibility index (Phi) is 6.06. The molecule has 0 unspecified atom stereocenters. The van der Waals surface area contributed by atoms with Gasteiger partial charge in [-0.2, -0.15) is 5.10 Å². The molecule has 2 N–H and O–H groups in total. The van der Waals surface area contributed by atoms with Crippen molar-refractivity contribution in [3.63, 3.8) is 0 Å². The van der Waals surface area contributed by atoms with Crippen LogP contribution in [0.3, 0.4) is 0 Å². The monoisotopic (exact) mass is 452 g/mol. The predicted octanol–water partition coefficient (Wildman–Crippen LogP) is 4.38. The highest BCUT2D eigenvalue weighted by molar-refractivity contribution is 7.92. The minimum absolute atomic E-state index is 0.0472. The smallest absolute Gasteiger partial charge is 0.276 e. The van der Waals surface area contributed by atoms with Gasteiger partial charge < -0.3 is 5.32 Å². The maximum absolute atomic E-state index is 13.2. The second kappa shape index (κ2) is 8.78. The maximum atomic E-state index is 13.2. The number of nitrogens with zero attached hydrogens (tertiary/aromatic N) is 2. The third-order valence-corrected chi connectivity index (χ3v) is 7.22. The van der Waals surface area contributed by atoms with Gasteiger partial charge in [-0.3, -0.25) is 9.52 Å². The number of anilines is 2. The van der Waals surface area contributed by atoms with Gasteiger partial charge in [0.2, 0.25) is 10.0 Å². The van der Waals surface area contributed by atoms with Gasteiger partial charge in [0.1, 0.15) is 0 Å². The highest BCUT2D eigenvalue weighted by atomic mass is 32.2. The molecule has 32 heavy (non-hydrogen) atoms. The Balaban J connectivity index is 1.62. The number of aromatic nitrogens is 2. The summed E-state index contributed by atoms with van der Waals surface area (Å²) in [5, 5.41) is 7.60. The van der Waals surface area contributed by atoms with E-state index in [1.165, 1.54) is 5.56 Å². The van der Waals surface area contributed by atoms with Gasteiger partial charge in [0, 0.05) is 16.9 Å². The summed E-state index contributed by atoms with van der Waals surface area (Å²) in [6, 6.07) is 13.3. The standard InChI is InChI=1S/C24H28N4O3S/c1-4-15-32(30,31)27-21-9-6-8-20(17(21)3)25-24(29)23-19-7-5-10-22(19)28(26-23)18-13-11-16(2)12-14-18/h6,8-9,11-14,27H,4-5,7,10,15H2,1-3H3,(H,25,29). The topological polar surface area (TPSA) is 93.1 Å². The predicted molar refractivity (Wildman–Crippen MR) is 127 cm³/mol. The fourth-order valence-electron chi connectivity index (χ4n) is 4.07. The van der Waals surface area contributed by atoms with Gasteiger partial charge in [-0.15, -0.1) is 0 Å². The van der Waals surface area contributed by atoms with Crippen molar-refractivity contribution in [2.75, 3.05) is 15.8 Å². The van der Waals surface area contributed by atoms with Gasteiger partial charge >= 0.3 is 0 Å². The maximum Gasteiger partial charge on any atom is 0.276 e. The lowest BCUT2D eigenvalue weighted by Crippen LogP contribution is -2.18. The Labute approximate surface area is 188 Å². The molecule has 0 atom stereocenters. The zero-order valence-corrected chi connectivity index (χ0v) is 19.4. The molecule has 0 radical (unpaired) electrons. The van der Waals surface area contributed by atoms with Gasteiger partial charge in [0.05, 0.1) is 17.1 Å². The molecule has 0 aliphatic heterocycles. The Hall–Kier alpha value is -3.13. The number of carbonyl (C=O) groups is 1. The lowest BCUT2D eigenvalue weighted by molar-refractivity contribution is 0.102. The molecule has 0 fully saturated rings. The van der Waals surface area contributed by atoms with E-state index >= 15 is 0 Å². The molecule has 1 aliphatic carbocycles. The van der Waals surface area contributed by atoms with Crippen LogP contribution in [0, 0.1) is 13.8 Å². The van der Waals surface area contributed by atoms with Crippen molar-refractivity contribution < 1.29 is 13.2 Å². The summed E-state index contributed by atoms with van der Waals surface area (Å²) in [5.41, 5.74) is 6.29. The summed E-state index contributed by atoms with van der Waals surface area (Å²) in [6.45, 7) is 5.64. The fourth-order valence-corrected chi connectivity index (χ4v) is 5.27. The number of fused-ring (bicyclic) bond motifs is 1. The molecule has 168 valence electrons. The highest BCUT2D eigenvalue weighted by Gasteiger charge is 2.27. The van der Waals surface area contributed by atoms with Gasteiger partial charge in [0.15, 0.2) is 5.69 Å². The van der Waals surface area contributed by atoms with E-state index in [9.17, 15) is 13.2 Å². The molecule has 7 nitrogen and oxygen atoms in total. The van der Waals surface area contributed by atoms with Crippen LogP contribution in [0.2, 0.25) is 0 Å². The number of nitrogens with one attached hydrogen (secondary N) is 2. The first-order valence-electron chi connectivity index (χ1n) is 10.9. The van der Waals surface area contributed by atoms with Crippen LogP contribution in [-0.4, -0.2) is 29.9 Å². The summed E-state index contributed by atoms with van der Waals surface area (Å²) in [7, 11) is -3.42. The van der Waals surface area contributed by atoms with Crippen LogP contribution in [0.1, 0.15) is 52.6 Å². The molecule has 1 aromatic heterocycles. The number of amides is 1. The zero-order chi connectivity index (χ0) is 22.9. The molecule has 0 saturated carbocycles. The number of hydrogen-bond donors (Lipinski definition) is 2. The summed E-state index contributed by atoms with van der Waals surface area (Å²) in [6.07, 6.45) is 3.23. The van der Waals surface area contributed by atoms with E-state index in [0.29, 0.717) is 29.1 Å². The number of carbonyl (C=O) groups excluding carboxylic acids is 1. The summed E-state index contributed by atoms with van der Waals surface area (Å²) >= 11 is 0. The molecule has 4 rings (SSSR count). The minimum Gasteiger partial charge on any atom is -0.320 e. The van der Waals surface area contributed by atoms with E-state index in [0.717, 1.165) is 36.2 Å². The van der Waals surface area contributed by atoms with E-state index in [4.69, 9.17) is 0 Å². The number of aryl methyl sites for hydroxylation is 1. The van der Waals surface area contributed by atoms with Crippen molar-refractivity contribution in [2.24, 2.45) is 0 Å². The highest BCUT2D eigenvalue weighted by Crippen LogP contribution is 2.30. The second-order valence-electron chi connectivity index (χ2n) is 8.23. The second-order valence-corrected chi connectivity index (χ2v) is 10.1. The molecular formula is C24H28N4O3S. The van der Waals surface area contributed by atoms with Crippen molar-refractivity contribution in [3.05, 3.63) is 70.5 Å². The van der Waals surface area contributed by atoms with E-state index in [1.807, 2.05) is 42.8 Å². The van der Waals surface area contributed by atoms with Crippen LogP contribution in [0.4, 0.5) is 11.4 Å².